The SMILES string of the molecule is CCN(CC)CC#CCCC1(C2(O)CCOc3ccccc32)SCCCS1. The van der Waals surface area contributed by atoms with Crippen LogP contribution in [-0.2, 0) is 5.60 Å². The van der Waals surface area contributed by atoms with E-state index in [0.29, 0.717) is 13.0 Å². The molecule has 0 radical (unpaired) electrons. The molecule has 2 aliphatic heterocycles. The van der Waals surface area contributed by atoms with E-state index in [1.807, 2.05) is 47.8 Å². The zero-order chi connectivity index (χ0) is 19.2. The van der Waals surface area contributed by atoms with Crippen LogP contribution in [0.25, 0.3) is 0 Å². The van der Waals surface area contributed by atoms with E-state index in [1.165, 1.54) is 6.42 Å². The third-order valence-electron chi connectivity index (χ3n) is 5.54. The van der Waals surface area contributed by atoms with Crippen LogP contribution in [0.2, 0.25) is 0 Å². The van der Waals surface area contributed by atoms with Crippen LogP contribution >= 0.6 is 23.5 Å². The molecule has 27 heavy (non-hydrogen) atoms. The number of para-hydroxylation sites is 1. The summed E-state index contributed by atoms with van der Waals surface area (Å²) in [5.74, 6) is 9.75. The Morgan fingerprint density at radius 1 is 1.15 bits per heavy atom. The fourth-order valence-corrected chi connectivity index (χ4v) is 7.52. The summed E-state index contributed by atoms with van der Waals surface area (Å²) in [4.78, 5) is 2.33. The van der Waals surface area contributed by atoms with Crippen molar-refractivity contribution in [3.05, 3.63) is 29.8 Å². The zero-order valence-electron chi connectivity index (χ0n) is 16.5. The van der Waals surface area contributed by atoms with Crippen molar-refractivity contribution < 1.29 is 9.84 Å². The summed E-state index contributed by atoms with van der Waals surface area (Å²) in [6.07, 6.45) is 3.58. The van der Waals surface area contributed by atoms with E-state index in [9.17, 15) is 5.11 Å². The second-order valence-electron chi connectivity index (χ2n) is 7.07. The van der Waals surface area contributed by atoms with Crippen molar-refractivity contribution in [2.24, 2.45) is 0 Å². The second-order valence-corrected chi connectivity index (χ2v) is 10.1. The van der Waals surface area contributed by atoms with Crippen molar-refractivity contribution in [2.75, 3.05) is 37.7 Å². The van der Waals surface area contributed by atoms with Crippen LogP contribution in [0.3, 0.4) is 0 Å². The fraction of sp³-hybridized carbons (Fsp3) is 0.636. The van der Waals surface area contributed by atoms with E-state index < -0.39 is 5.60 Å². The van der Waals surface area contributed by atoms with Gasteiger partial charge in [0.2, 0.25) is 0 Å². The van der Waals surface area contributed by atoms with Crippen LogP contribution in [0.5, 0.6) is 5.75 Å². The summed E-state index contributed by atoms with van der Waals surface area (Å²) in [6, 6.07) is 8.01. The number of thioether (sulfide) groups is 2. The van der Waals surface area contributed by atoms with Crippen LogP contribution in [-0.4, -0.2) is 51.8 Å². The average Bonchev–Trinajstić information content (AvgIpc) is 2.72. The van der Waals surface area contributed by atoms with Gasteiger partial charge in [-0.1, -0.05) is 38.0 Å². The first-order chi connectivity index (χ1) is 13.1. The number of hydrogen-bond acceptors (Lipinski definition) is 5. The van der Waals surface area contributed by atoms with Gasteiger partial charge in [-0.25, -0.2) is 0 Å². The Balaban J connectivity index is 1.79. The Kier molecular flexibility index (Phi) is 7.44. The van der Waals surface area contributed by atoms with Crippen LogP contribution < -0.4 is 4.74 Å². The molecule has 1 aromatic rings. The van der Waals surface area contributed by atoms with E-state index in [0.717, 1.165) is 55.3 Å². The summed E-state index contributed by atoms with van der Waals surface area (Å²) in [5, 5.41) is 11.9. The summed E-state index contributed by atoms with van der Waals surface area (Å²) in [5.41, 5.74) is 0.0901. The molecule has 5 heteroatoms. The summed E-state index contributed by atoms with van der Waals surface area (Å²) >= 11 is 3.86. The number of rotatable bonds is 6. The quantitative estimate of drug-likeness (QED) is 0.712. The van der Waals surface area contributed by atoms with Gasteiger partial charge in [-0.2, -0.15) is 0 Å². The molecule has 3 rings (SSSR count). The molecule has 1 unspecified atom stereocenters. The summed E-state index contributed by atoms with van der Waals surface area (Å²) < 4.78 is 5.60. The molecule has 0 spiro atoms. The first-order valence-corrected chi connectivity index (χ1v) is 12.0. The topological polar surface area (TPSA) is 32.7 Å². The van der Waals surface area contributed by atoms with Gasteiger partial charge in [0.15, 0.2) is 0 Å². The Morgan fingerprint density at radius 3 is 2.63 bits per heavy atom. The molecule has 1 aromatic carbocycles. The van der Waals surface area contributed by atoms with Gasteiger partial charge in [0, 0.05) is 18.4 Å². The standard InChI is InChI=1S/C22H31NO2S2/c1-3-23(4-2)15-9-5-8-13-22(26-17-10-18-27-22)21(24)14-16-25-20-12-7-6-11-19(20)21/h6-7,11-12,24H,3-4,8,10,13-18H2,1-2H3. The van der Waals surface area contributed by atoms with Crippen LogP contribution in [0.4, 0.5) is 0 Å². The molecule has 1 fully saturated rings. The van der Waals surface area contributed by atoms with Crippen LogP contribution in [0.1, 0.15) is 45.1 Å². The van der Waals surface area contributed by atoms with E-state index in [2.05, 4.69) is 30.6 Å². The van der Waals surface area contributed by atoms with Crippen LogP contribution in [0.15, 0.2) is 24.3 Å². The van der Waals surface area contributed by atoms with Crippen molar-refractivity contribution in [1.29, 1.82) is 0 Å². The molecule has 1 saturated heterocycles. The number of hydrogen-bond donors (Lipinski definition) is 1. The molecule has 0 aromatic heterocycles. The highest BCUT2D eigenvalue weighted by molar-refractivity contribution is 8.18. The van der Waals surface area contributed by atoms with Crippen LogP contribution in [0, 0.1) is 11.8 Å². The molecular weight excluding hydrogens is 374 g/mol. The summed E-state index contributed by atoms with van der Waals surface area (Å²) in [6.45, 7) is 7.83. The molecule has 0 saturated carbocycles. The third kappa shape index (κ3) is 4.45. The number of fused-ring (bicyclic) bond motifs is 1. The minimum absolute atomic E-state index is 0.241. The van der Waals surface area contributed by atoms with E-state index in [4.69, 9.17) is 4.74 Å². The van der Waals surface area contributed by atoms with Crippen molar-refractivity contribution >= 4 is 23.5 Å². The number of benzene rings is 1. The fourth-order valence-electron chi connectivity index (χ4n) is 3.87. The Labute approximate surface area is 172 Å². The first kappa shape index (κ1) is 20.9. The molecule has 1 atom stereocenters. The maximum absolute atomic E-state index is 11.9. The highest BCUT2D eigenvalue weighted by Gasteiger charge is 2.55. The number of aliphatic hydroxyl groups is 1. The molecule has 148 valence electrons. The highest BCUT2D eigenvalue weighted by atomic mass is 32.2. The van der Waals surface area contributed by atoms with Crippen molar-refractivity contribution in [3.63, 3.8) is 0 Å². The second kappa shape index (κ2) is 9.60. The lowest BCUT2D eigenvalue weighted by Crippen LogP contribution is -2.51. The lowest BCUT2D eigenvalue weighted by atomic mass is 9.82. The predicted molar refractivity (Wildman–Crippen MR) is 118 cm³/mol. The normalized spacial score (nSPS) is 23.9. The smallest absolute Gasteiger partial charge is 0.125 e. The van der Waals surface area contributed by atoms with Gasteiger partial charge in [0.25, 0.3) is 0 Å². The highest BCUT2D eigenvalue weighted by Crippen LogP contribution is 2.59. The molecule has 0 amide bonds. The number of nitrogens with zero attached hydrogens (tertiary/aromatic N) is 1. The molecule has 3 nitrogen and oxygen atoms in total. The van der Waals surface area contributed by atoms with Gasteiger partial charge in [0.05, 0.1) is 17.2 Å². The Morgan fingerprint density at radius 2 is 1.89 bits per heavy atom. The number of ether oxygens (including phenoxy) is 1. The molecule has 0 aliphatic carbocycles. The first-order valence-electron chi connectivity index (χ1n) is 10.1. The van der Waals surface area contributed by atoms with Crippen molar-refractivity contribution in [3.8, 4) is 17.6 Å². The molecule has 1 N–H and O–H groups in total. The monoisotopic (exact) mass is 405 g/mol. The summed E-state index contributed by atoms with van der Waals surface area (Å²) in [7, 11) is 0. The van der Waals surface area contributed by atoms with Gasteiger partial charge in [-0.15, -0.1) is 29.4 Å². The Bertz CT molecular complexity index is 674. The molecule has 2 aliphatic rings. The Hall–Kier alpha value is -0.800. The van der Waals surface area contributed by atoms with Gasteiger partial charge < -0.3 is 9.84 Å². The molecule has 0 bridgehead atoms. The van der Waals surface area contributed by atoms with E-state index >= 15 is 0 Å². The average molecular weight is 406 g/mol. The van der Waals surface area contributed by atoms with Gasteiger partial charge in [0.1, 0.15) is 11.4 Å². The molecular formula is C22H31NO2S2. The van der Waals surface area contributed by atoms with Gasteiger partial charge in [-0.3, -0.25) is 4.90 Å². The van der Waals surface area contributed by atoms with E-state index in [1.54, 1.807) is 0 Å². The maximum Gasteiger partial charge on any atom is 0.125 e. The van der Waals surface area contributed by atoms with Crippen molar-refractivity contribution in [1.82, 2.24) is 4.90 Å². The van der Waals surface area contributed by atoms with E-state index in [-0.39, 0.29) is 4.08 Å². The predicted octanol–water partition coefficient (Wildman–Crippen LogP) is 4.35. The third-order valence-corrected chi connectivity index (χ3v) is 9.25. The molecule has 2 heterocycles. The lowest BCUT2D eigenvalue weighted by Gasteiger charge is -2.50. The largest absolute Gasteiger partial charge is 0.493 e. The minimum Gasteiger partial charge on any atom is -0.493 e. The minimum atomic E-state index is -0.863. The lowest BCUT2D eigenvalue weighted by molar-refractivity contribution is -0.0156. The van der Waals surface area contributed by atoms with Crippen molar-refractivity contribution in [2.45, 2.75) is 49.2 Å². The van der Waals surface area contributed by atoms with Gasteiger partial charge in [-0.05, 0) is 43.5 Å². The maximum atomic E-state index is 11.9. The van der Waals surface area contributed by atoms with Gasteiger partial charge >= 0.3 is 0 Å². The zero-order valence-corrected chi connectivity index (χ0v) is 18.1.